The molecule has 0 amide bonds. The number of benzene rings is 3. The number of nitrogens with zero attached hydrogens (tertiary/aromatic N) is 1. The number of hydrogen-bond donors (Lipinski definition) is 0. The molecular weight excluding hydrogens is 286 g/mol. The molecule has 0 fully saturated rings. The number of ether oxygens (including phenoxy) is 1. The minimum Gasteiger partial charge on any atom is -0.497 e. The maximum Gasteiger partial charge on any atom is 0.158 e. The summed E-state index contributed by atoms with van der Waals surface area (Å²) >= 11 is 0. The van der Waals surface area contributed by atoms with E-state index in [1.165, 1.54) is 10.8 Å². The molecule has 3 aromatic carbocycles. The van der Waals surface area contributed by atoms with Gasteiger partial charge in [-0.05, 0) is 28.5 Å². The molecule has 0 N–H and O–H groups in total. The first-order valence-electron chi connectivity index (χ1n) is 7.70. The van der Waals surface area contributed by atoms with Crippen molar-refractivity contribution in [1.29, 1.82) is 0 Å². The van der Waals surface area contributed by atoms with Crippen LogP contribution in [0.2, 0.25) is 0 Å². The fraction of sp³-hybridized carbons (Fsp3) is 0.150. The van der Waals surface area contributed by atoms with Gasteiger partial charge in [0, 0.05) is 12.0 Å². The lowest BCUT2D eigenvalue weighted by Crippen LogP contribution is -2.02. The van der Waals surface area contributed by atoms with E-state index in [4.69, 9.17) is 9.57 Å². The average Bonchev–Trinajstić information content (AvgIpc) is 3.11. The Hall–Kier alpha value is -2.81. The van der Waals surface area contributed by atoms with E-state index >= 15 is 0 Å². The van der Waals surface area contributed by atoms with Crippen molar-refractivity contribution >= 4 is 16.5 Å². The van der Waals surface area contributed by atoms with Crippen molar-refractivity contribution in [3.8, 4) is 5.75 Å². The zero-order valence-corrected chi connectivity index (χ0v) is 12.9. The van der Waals surface area contributed by atoms with Crippen LogP contribution >= 0.6 is 0 Å². The summed E-state index contributed by atoms with van der Waals surface area (Å²) < 4.78 is 5.20. The van der Waals surface area contributed by atoms with Crippen molar-refractivity contribution in [3.63, 3.8) is 0 Å². The standard InChI is InChI=1S/C20H17NO2/c1-22-16-11-9-15(10-12-16)20-13-19(21-23-20)18-8-4-6-14-5-2-3-7-17(14)18/h2-12,20H,13H2,1H3. The molecule has 0 aromatic heterocycles. The monoisotopic (exact) mass is 303 g/mol. The molecule has 23 heavy (non-hydrogen) atoms. The van der Waals surface area contributed by atoms with Crippen LogP contribution in [0.15, 0.2) is 71.9 Å². The molecule has 0 saturated carbocycles. The molecule has 1 heterocycles. The van der Waals surface area contributed by atoms with Crippen molar-refractivity contribution in [2.75, 3.05) is 7.11 Å². The van der Waals surface area contributed by atoms with Crippen LogP contribution in [0.25, 0.3) is 10.8 Å². The van der Waals surface area contributed by atoms with Crippen LogP contribution in [0.1, 0.15) is 23.7 Å². The Labute approximate surface area is 135 Å². The van der Waals surface area contributed by atoms with Gasteiger partial charge < -0.3 is 9.57 Å². The summed E-state index contributed by atoms with van der Waals surface area (Å²) in [5, 5.41) is 6.78. The topological polar surface area (TPSA) is 30.8 Å². The Kier molecular flexibility index (Phi) is 3.46. The van der Waals surface area contributed by atoms with Crippen LogP contribution in [-0.2, 0) is 4.84 Å². The first kappa shape index (κ1) is 13.8. The normalized spacial score (nSPS) is 16.9. The predicted octanol–water partition coefficient (Wildman–Crippen LogP) is 4.71. The zero-order chi connectivity index (χ0) is 15.6. The average molecular weight is 303 g/mol. The second-order valence-corrected chi connectivity index (χ2v) is 5.64. The predicted molar refractivity (Wildman–Crippen MR) is 91.9 cm³/mol. The third-order valence-electron chi connectivity index (χ3n) is 4.26. The molecule has 4 rings (SSSR count). The molecule has 1 unspecified atom stereocenters. The summed E-state index contributed by atoms with van der Waals surface area (Å²) in [4.78, 5) is 5.68. The van der Waals surface area contributed by atoms with Crippen molar-refractivity contribution in [3.05, 3.63) is 77.9 Å². The van der Waals surface area contributed by atoms with Gasteiger partial charge in [0.25, 0.3) is 0 Å². The molecule has 0 saturated heterocycles. The molecule has 0 bridgehead atoms. The maximum absolute atomic E-state index is 5.68. The number of hydrogen-bond acceptors (Lipinski definition) is 3. The van der Waals surface area contributed by atoms with Gasteiger partial charge in [-0.15, -0.1) is 0 Å². The van der Waals surface area contributed by atoms with E-state index in [0.29, 0.717) is 0 Å². The number of methoxy groups -OCH3 is 1. The Morgan fingerprint density at radius 3 is 2.57 bits per heavy atom. The summed E-state index contributed by atoms with van der Waals surface area (Å²) in [5.41, 5.74) is 3.27. The minimum absolute atomic E-state index is 0.0325. The van der Waals surface area contributed by atoms with Gasteiger partial charge in [0.2, 0.25) is 0 Å². The van der Waals surface area contributed by atoms with E-state index in [1.807, 2.05) is 24.3 Å². The van der Waals surface area contributed by atoms with Crippen LogP contribution in [0.5, 0.6) is 5.75 Å². The second kappa shape index (κ2) is 5.76. The quantitative estimate of drug-likeness (QED) is 0.701. The molecule has 1 aliphatic heterocycles. The lowest BCUT2D eigenvalue weighted by Gasteiger charge is -2.09. The van der Waals surface area contributed by atoms with Crippen molar-refractivity contribution in [2.24, 2.45) is 5.16 Å². The molecule has 114 valence electrons. The van der Waals surface area contributed by atoms with Gasteiger partial charge in [-0.25, -0.2) is 0 Å². The molecule has 1 aliphatic rings. The van der Waals surface area contributed by atoms with E-state index in [-0.39, 0.29) is 6.10 Å². The van der Waals surface area contributed by atoms with Crippen LogP contribution in [0.4, 0.5) is 0 Å². The number of rotatable bonds is 3. The fourth-order valence-corrected chi connectivity index (χ4v) is 3.01. The van der Waals surface area contributed by atoms with Crippen molar-refractivity contribution < 1.29 is 9.57 Å². The highest BCUT2D eigenvalue weighted by molar-refractivity contribution is 6.11. The van der Waals surface area contributed by atoms with Gasteiger partial charge in [0.05, 0.1) is 12.8 Å². The number of fused-ring (bicyclic) bond motifs is 1. The van der Waals surface area contributed by atoms with Gasteiger partial charge in [0.1, 0.15) is 5.75 Å². The molecule has 3 heteroatoms. The van der Waals surface area contributed by atoms with E-state index < -0.39 is 0 Å². The van der Waals surface area contributed by atoms with E-state index in [0.717, 1.165) is 29.0 Å². The lowest BCUT2D eigenvalue weighted by molar-refractivity contribution is 0.0857. The zero-order valence-electron chi connectivity index (χ0n) is 12.9. The van der Waals surface area contributed by atoms with Crippen molar-refractivity contribution in [2.45, 2.75) is 12.5 Å². The summed E-state index contributed by atoms with van der Waals surface area (Å²) in [5.74, 6) is 0.849. The van der Waals surface area contributed by atoms with Gasteiger partial charge >= 0.3 is 0 Å². The Morgan fingerprint density at radius 2 is 1.74 bits per heavy atom. The van der Waals surface area contributed by atoms with Crippen LogP contribution in [0, 0.1) is 0 Å². The molecule has 0 aliphatic carbocycles. The highest BCUT2D eigenvalue weighted by Crippen LogP contribution is 2.32. The van der Waals surface area contributed by atoms with Crippen molar-refractivity contribution in [1.82, 2.24) is 0 Å². The Bertz CT molecular complexity index is 863. The lowest BCUT2D eigenvalue weighted by atomic mass is 9.96. The summed E-state index contributed by atoms with van der Waals surface area (Å²) in [6, 6.07) is 22.6. The molecule has 0 radical (unpaired) electrons. The second-order valence-electron chi connectivity index (χ2n) is 5.64. The SMILES string of the molecule is COc1ccc(C2CC(c3cccc4ccccc34)=NO2)cc1. The summed E-state index contributed by atoms with van der Waals surface area (Å²) in [6.07, 6.45) is 0.746. The van der Waals surface area contributed by atoms with E-state index in [9.17, 15) is 0 Å². The molecule has 0 spiro atoms. The van der Waals surface area contributed by atoms with Gasteiger partial charge in [0.15, 0.2) is 6.10 Å². The Morgan fingerprint density at radius 1 is 0.957 bits per heavy atom. The molecular formula is C20H17NO2. The molecule has 1 atom stereocenters. The first-order chi connectivity index (χ1) is 11.3. The van der Waals surface area contributed by atoms with Crippen LogP contribution in [0.3, 0.4) is 0 Å². The molecule has 3 aromatic rings. The third kappa shape index (κ3) is 2.55. The Balaban J connectivity index is 1.62. The highest BCUT2D eigenvalue weighted by atomic mass is 16.6. The fourth-order valence-electron chi connectivity index (χ4n) is 3.01. The van der Waals surface area contributed by atoms with Gasteiger partial charge in [-0.1, -0.05) is 59.8 Å². The highest BCUT2D eigenvalue weighted by Gasteiger charge is 2.24. The largest absolute Gasteiger partial charge is 0.497 e. The maximum atomic E-state index is 5.68. The van der Waals surface area contributed by atoms with Crippen LogP contribution in [-0.4, -0.2) is 12.8 Å². The summed E-state index contributed by atoms with van der Waals surface area (Å²) in [6.45, 7) is 0. The van der Waals surface area contributed by atoms with Gasteiger partial charge in [-0.2, -0.15) is 0 Å². The van der Waals surface area contributed by atoms with E-state index in [2.05, 4.69) is 47.6 Å². The number of oxime groups is 1. The van der Waals surface area contributed by atoms with Crippen LogP contribution < -0.4 is 4.74 Å². The first-order valence-corrected chi connectivity index (χ1v) is 7.70. The smallest absolute Gasteiger partial charge is 0.158 e. The minimum atomic E-state index is -0.0325. The van der Waals surface area contributed by atoms with E-state index in [1.54, 1.807) is 7.11 Å². The summed E-state index contributed by atoms with van der Waals surface area (Å²) in [7, 11) is 1.67. The third-order valence-corrected chi connectivity index (χ3v) is 4.26. The molecule has 3 nitrogen and oxygen atoms in total. The van der Waals surface area contributed by atoms with Gasteiger partial charge in [-0.3, -0.25) is 0 Å².